The van der Waals surface area contributed by atoms with Gasteiger partial charge in [-0.05, 0) is 17.7 Å². The predicted octanol–water partition coefficient (Wildman–Crippen LogP) is 2.74. The molecule has 0 aromatic heterocycles. The molecule has 16 heavy (non-hydrogen) atoms. The van der Waals surface area contributed by atoms with Gasteiger partial charge in [0.2, 0.25) is 0 Å². The highest BCUT2D eigenvalue weighted by Crippen LogP contribution is 2.28. The molecule has 0 N–H and O–H groups in total. The van der Waals surface area contributed by atoms with Gasteiger partial charge in [0, 0.05) is 11.9 Å². The Labute approximate surface area is 99.9 Å². The van der Waals surface area contributed by atoms with E-state index in [0.29, 0.717) is 29.5 Å². The van der Waals surface area contributed by atoms with Crippen molar-refractivity contribution in [3.8, 4) is 17.6 Å². The van der Waals surface area contributed by atoms with Gasteiger partial charge in [-0.2, -0.15) is 5.26 Å². The number of nitriles is 1. The maximum atomic E-state index is 8.73. The summed E-state index contributed by atoms with van der Waals surface area (Å²) in [5.41, 5.74) is 1.31. The van der Waals surface area contributed by atoms with E-state index in [1.54, 1.807) is 18.2 Å². The third kappa shape index (κ3) is 3.18. The van der Waals surface area contributed by atoms with Gasteiger partial charge in [-0.25, -0.2) is 0 Å². The van der Waals surface area contributed by atoms with E-state index in [1.807, 2.05) is 6.07 Å². The maximum absolute atomic E-state index is 8.73. The van der Waals surface area contributed by atoms with Crippen LogP contribution in [0.1, 0.15) is 5.56 Å². The molecule has 0 unspecified atom stereocenters. The first-order chi connectivity index (χ1) is 7.71. The molecule has 1 rings (SSSR count). The van der Waals surface area contributed by atoms with E-state index in [2.05, 4.69) is 6.58 Å². The summed E-state index contributed by atoms with van der Waals surface area (Å²) in [5, 5.41) is 8.73. The first-order valence-corrected chi connectivity index (χ1v) is 5.18. The second-order valence-corrected chi connectivity index (χ2v) is 3.42. The lowest BCUT2D eigenvalue weighted by molar-refractivity contribution is 0.320. The van der Waals surface area contributed by atoms with Gasteiger partial charge in [0.25, 0.3) is 0 Å². The van der Waals surface area contributed by atoms with Crippen LogP contribution in [0, 0.1) is 11.3 Å². The normalized spacial score (nSPS) is 9.31. The Morgan fingerprint density at radius 1 is 1.50 bits per heavy atom. The number of hydrogen-bond donors (Lipinski definition) is 0. The molecular formula is C12H12ClNO2. The molecule has 0 aliphatic rings. The van der Waals surface area contributed by atoms with Crippen molar-refractivity contribution in [3.05, 3.63) is 35.9 Å². The minimum atomic E-state index is 0.339. The van der Waals surface area contributed by atoms with E-state index in [1.165, 1.54) is 7.11 Å². The number of hydrogen-bond acceptors (Lipinski definition) is 3. The number of halogens is 1. The fourth-order valence-electron chi connectivity index (χ4n) is 1.07. The molecule has 0 heterocycles. The molecule has 0 saturated carbocycles. The molecule has 4 heteroatoms. The summed E-state index contributed by atoms with van der Waals surface area (Å²) in [7, 11) is 1.53. The molecule has 1 aromatic rings. The topological polar surface area (TPSA) is 42.2 Å². The van der Waals surface area contributed by atoms with E-state index in [0.717, 1.165) is 5.57 Å². The van der Waals surface area contributed by atoms with Crippen LogP contribution in [-0.4, -0.2) is 19.6 Å². The molecule has 0 aliphatic carbocycles. The predicted molar refractivity (Wildman–Crippen MR) is 63.1 cm³/mol. The first kappa shape index (κ1) is 12.4. The van der Waals surface area contributed by atoms with Gasteiger partial charge in [0.1, 0.15) is 6.61 Å². The molecule has 0 amide bonds. The van der Waals surface area contributed by atoms with Crippen LogP contribution in [0.4, 0.5) is 0 Å². The van der Waals surface area contributed by atoms with E-state index in [-0.39, 0.29) is 0 Å². The summed E-state index contributed by atoms with van der Waals surface area (Å²) in [6, 6.07) is 7.02. The van der Waals surface area contributed by atoms with Crippen LogP contribution < -0.4 is 9.47 Å². The van der Waals surface area contributed by atoms with Gasteiger partial charge in [0.15, 0.2) is 11.5 Å². The van der Waals surface area contributed by atoms with Crippen LogP contribution in [0.25, 0.3) is 0 Å². The fraction of sp³-hybridized carbons (Fsp3) is 0.250. The highest BCUT2D eigenvalue weighted by Gasteiger charge is 2.05. The van der Waals surface area contributed by atoms with Crippen molar-refractivity contribution < 1.29 is 9.47 Å². The number of ether oxygens (including phenoxy) is 2. The lowest BCUT2D eigenvalue weighted by Gasteiger charge is -2.10. The van der Waals surface area contributed by atoms with E-state index in [4.69, 9.17) is 26.3 Å². The second-order valence-electron chi connectivity index (χ2n) is 3.15. The van der Waals surface area contributed by atoms with Crippen molar-refractivity contribution in [2.45, 2.75) is 0 Å². The Bertz CT molecular complexity index is 424. The van der Waals surface area contributed by atoms with Crippen LogP contribution >= 0.6 is 11.6 Å². The Morgan fingerprint density at radius 3 is 2.81 bits per heavy atom. The fourth-order valence-corrected chi connectivity index (χ4v) is 1.15. The smallest absolute Gasteiger partial charge is 0.162 e. The van der Waals surface area contributed by atoms with Gasteiger partial charge in [-0.3, -0.25) is 0 Å². The molecule has 0 atom stereocenters. The highest BCUT2D eigenvalue weighted by molar-refractivity contribution is 6.19. The highest BCUT2D eigenvalue weighted by atomic mass is 35.5. The molecular weight excluding hydrogens is 226 g/mol. The van der Waals surface area contributed by atoms with E-state index >= 15 is 0 Å². The van der Waals surface area contributed by atoms with Gasteiger partial charge >= 0.3 is 0 Å². The minimum Gasteiger partial charge on any atom is -0.493 e. The second kappa shape index (κ2) is 6.04. The van der Waals surface area contributed by atoms with Crippen molar-refractivity contribution >= 4 is 11.6 Å². The zero-order valence-electron chi connectivity index (χ0n) is 9.00. The molecule has 84 valence electrons. The third-order valence-corrected chi connectivity index (χ3v) is 2.29. The number of methoxy groups -OCH3 is 1. The van der Waals surface area contributed by atoms with Crippen molar-refractivity contribution in [2.75, 3.05) is 19.6 Å². The molecule has 3 nitrogen and oxygen atoms in total. The average molecular weight is 238 g/mol. The summed E-state index contributed by atoms with van der Waals surface area (Å²) in [4.78, 5) is 0. The van der Waals surface area contributed by atoms with Crippen molar-refractivity contribution in [2.24, 2.45) is 0 Å². The largest absolute Gasteiger partial charge is 0.493 e. The molecule has 0 spiro atoms. The van der Waals surface area contributed by atoms with E-state index in [9.17, 15) is 0 Å². The van der Waals surface area contributed by atoms with Gasteiger partial charge in [-0.15, -0.1) is 11.6 Å². The summed E-state index contributed by atoms with van der Waals surface area (Å²) in [5.74, 6) is 1.47. The van der Waals surface area contributed by atoms with Crippen LogP contribution in [0.5, 0.6) is 11.5 Å². The maximum Gasteiger partial charge on any atom is 0.162 e. The Kier molecular flexibility index (Phi) is 4.68. The first-order valence-electron chi connectivity index (χ1n) is 4.64. The summed E-state index contributed by atoms with van der Waals surface area (Å²) < 4.78 is 10.6. The standard InChI is InChI=1S/C12H12ClNO2/c1-9(6-13)8-16-11-4-3-10(7-14)5-12(11)15-2/h3-5H,1,6,8H2,2H3. The number of benzene rings is 1. The third-order valence-electron chi connectivity index (χ3n) is 1.91. The lowest BCUT2D eigenvalue weighted by Crippen LogP contribution is -2.02. The molecule has 0 fully saturated rings. The molecule has 0 saturated heterocycles. The minimum absolute atomic E-state index is 0.339. The zero-order chi connectivity index (χ0) is 12.0. The number of nitrogens with zero attached hydrogens (tertiary/aromatic N) is 1. The summed E-state index contributed by atoms with van der Waals surface area (Å²) in [6.07, 6.45) is 0. The molecule has 0 aliphatic heterocycles. The monoisotopic (exact) mass is 237 g/mol. The lowest BCUT2D eigenvalue weighted by atomic mass is 10.2. The summed E-state index contributed by atoms with van der Waals surface area (Å²) >= 11 is 5.59. The van der Waals surface area contributed by atoms with E-state index < -0.39 is 0 Å². The number of alkyl halides is 1. The van der Waals surface area contributed by atoms with Crippen LogP contribution in [0.15, 0.2) is 30.4 Å². The summed E-state index contributed by atoms with van der Waals surface area (Å²) in [6.45, 7) is 4.07. The Hall–Kier alpha value is -1.66. The van der Waals surface area contributed by atoms with Gasteiger partial charge in [-0.1, -0.05) is 6.58 Å². The SMILES string of the molecule is C=C(CCl)COc1ccc(C#N)cc1OC. The van der Waals surface area contributed by atoms with Gasteiger partial charge < -0.3 is 9.47 Å². The van der Waals surface area contributed by atoms with Crippen LogP contribution in [0.2, 0.25) is 0 Å². The number of rotatable bonds is 5. The zero-order valence-corrected chi connectivity index (χ0v) is 9.75. The van der Waals surface area contributed by atoms with Crippen molar-refractivity contribution in [1.82, 2.24) is 0 Å². The van der Waals surface area contributed by atoms with Crippen molar-refractivity contribution in [3.63, 3.8) is 0 Å². The van der Waals surface area contributed by atoms with Crippen LogP contribution in [0.3, 0.4) is 0 Å². The molecule has 0 bridgehead atoms. The molecule has 0 radical (unpaired) electrons. The average Bonchev–Trinajstić information content (AvgIpc) is 2.35. The van der Waals surface area contributed by atoms with Crippen LogP contribution in [-0.2, 0) is 0 Å². The van der Waals surface area contributed by atoms with Crippen molar-refractivity contribution in [1.29, 1.82) is 5.26 Å². The quantitative estimate of drug-likeness (QED) is 0.584. The van der Waals surface area contributed by atoms with Gasteiger partial charge in [0.05, 0.1) is 18.7 Å². The molecule has 1 aromatic carbocycles. The Morgan fingerprint density at radius 2 is 2.25 bits per heavy atom. The Balaban J connectivity index is 2.80.